The molecule has 5 heteroatoms. The molecule has 0 atom stereocenters. The molecule has 0 saturated heterocycles. The first-order valence-corrected chi connectivity index (χ1v) is 9.73. The summed E-state index contributed by atoms with van der Waals surface area (Å²) in [6.45, 7) is 6.41. The molecule has 2 aromatic rings. The molecule has 144 valence electrons. The zero-order chi connectivity index (χ0) is 19.8. The van der Waals surface area contributed by atoms with Gasteiger partial charge in [-0.25, -0.2) is 0 Å². The van der Waals surface area contributed by atoms with Crippen molar-refractivity contribution in [1.29, 1.82) is 0 Å². The number of rotatable bonds is 8. The average Bonchev–Trinajstić information content (AvgIpc) is 2.66. The van der Waals surface area contributed by atoms with Gasteiger partial charge in [-0.2, -0.15) is 0 Å². The van der Waals surface area contributed by atoms with Gasteiger partial charge in [0, 0.05) is 37.1 Å². The van der Waals surface area contributed by atoms with E-state index in [-0.39, 0.29) is 18.2 Å². The monoisotopic (exact) mass is 386 g/mol. The van der Waals surface area contributed by atoms with Crippen molar-refractivity contribution in [2.24, 2.45) is 0 Å². The van der Waals surface area contributed by atoms with Crippen LogP contribution in [0.25, 0.3) is 0 Å². The van der Waals surface area contributed by atoms with Crippen LogP contribution in [-0.4, -0.2) is 23.3 Å². The third-order valence-corrected chi connectivity index (χ3v) is 5.01. The molecule has 1 N–H and O–H groups in total. The lowest BCUT2D eigenvalue weighted by atomic mass is 10.0. The Kier molecular flexibility index (Phi) is 7.86. The van der Waals surface area contributed by atoms with Crippen molar-refractivity contribution in [3.63, 3.8) is 0 Å². The van der Waals surface area contributed by atoms with Gasteiger partial charge in [-0.1, -0.05) is 61.8 Å². The van der Waals surface area contributed by atoms with Crippen molar-refractivity contribution < 1.29 is 9.59 Å². The highest BCUT2D eigenvalue weighted by atomic mass is 35.5. The smallest absolute Gasteiger partial charge is 0.226 e. The minimum atomic E-state index is -0.0870. The summed E-state index contributed by atoms with van der Waals surface area (Å²) in [6, 6.07) is 13.5. The summed E-state index contributed by atoms with van der Waals surface area (Å²) in [6.07, 6.45) is 1.95. The minimum Gasteiger partial charge on any atom is -0.338 e. The van der Waals surface area contributed by atoms with Crippen LogP contribution in [0.15, 0.2) is 42.5 Å². The Bertz CT molecular complexity index is 782. The Labute approximate surface area is 166 Å². The van der Waals surface area contributed by atoms with Crippen LogP contribution in [0, 0.1) is 0 Å². The lowest BCUT2D eigenvalue weighted by Gasteiger charge is -2.22. The number of halogens is 1. The van der Waals surface area contributed by atoms with Gasteiger partial charge >= 0.3 is 0 Å². The minimum absolute atomic E-state index is 0.0778. The van der Waals surface area contributed by atoms with E-state index in [2.05, 4.69) is 19.2 Å². The van der Waals surface area contributed by atoms with Gasteiger partial charge in [0.2, 0.25) is 11.8 Å². The van der Waals surface area contributed by atoms with Crippen LogP contribution in [0.3, 0.4) is 0 Å². The van der Waals surface area contributed by atoms with E-state index >= 15 is 0 Å². The van der Waals surface area contributed by atoms with E-state index in [0.717, 1.165) is 35.2 Å². The Hall–Kier alpha value is -2.33. The number of amides is 2. The van der Waals surface area contributed by atoms with Crippen LogP contribution >= 0.6 is 11.6 Å². The first-order chi connectivity index (χ1) is 13.0. The fourth-order valence-corrected chi connectivity index (χ4v) is 3.22. The van der Waals surface area contributed by atoms with Crippen LogP contribution in [0.1, 0.15) is 43.9 Å². The fourth-order valence-electron chi connectivity index (χ4n) is 3.02. The van der Waals surface area contributed by atoms with Crippen molar-refractivity contribution >= 4 is 29.1 Å². The number of hydrogen-bond acceptors (Lipinski definition) is 2. The maximum Gasteiger partial charge on any atom is 0.226 e. The van der Waals surface area contributed by atoms with Gasteiger partial charge in [-0.05, 0) is 35.6 Å². The normalized spacial score (nSPS) is 10.5. The van der Waals surface area contributed by atoms with Gasteiger partial charge in [-0.3, -0.25) is 9.59 Å². The predicted octanol–water partition coefficient (Wildman–Crippen LogP) is 4.84. The lowest BCUT2D eigenvalue weighted by Crippen LogP contribution is -2.31. The summed E-state index contributed by atoms with van der Waals surface area (Å²) in [4.78, 5) is 26.1. The molecule has 0 saturated carbocycles. The second-order valence-electron chi connectivity index (χ2n) is 6.49. The van der Waals surface area contributed by atoms with Crippen LogP contribution in [-0.2, 0) is 29.0 Å². The summed E-state index contributed by atoms with van der Waals surface area (Å²) in [5, 5.41) is 3.67. The highest BCUT2D eigenvalue weighted by Crippen LogP contribution is 2.23. The molecule has 0 aliphatic heterocycles. The zero-order valence-electron chi connectivity index (χ0n) is 16.2. The highest BCUT2D eigenvalue weighted by molar-refractivity contribution is 6.31. The molecule has 27 heavy (non-hydrogen) atoms. The molecule has 0 aliphatic carbocycles. The molecule has 0 fully saturated rings. The maximum atomic E-state index is 12.5. The average molecular weight is 387 g/mol. The van der Waals surface area contributed by atoms with Crippen molar-refractivity contribution in [3.05, 3.63) is 64.2 Å². The van der Waals surface area contributed by atoms with E-state index < -0.39 is 0 Å². The van der Waals surface area contributed by atoms with E-state index in [1.54, 1.807) is 11.0 Å². The topological polar surface area (TPSA) is 49.4 Å². The Morgan fingerprint density at radius 2 is 1.56 bits per heavy atom. The molecular formula is C22H27ClN2O2. The van der Waals surface area contributed by atoms with Gasteiger partial charge in [0.25, 0.3) is 0 Å². The number of aryl methyl sites for hydroxylation is 2. The number of nitrogens with one attached hydrogen (secondary N) is 1. The van der Waals surface area contributed by atoms with E-state index in [0.29, 0.717) is 18.1 Å². The number of benzene rings is 2. The van der Waals surface area contributed by atoms with Gasteiger partial charge < -0.3 is 10.2 Å². The van der Waals surface area contributed by atoms with Crippen molar-refractivity contribution in [3.8, 4) is 0 Å². The molecule has 4 nitrogen and oxygen atoms in total. The molecule has 0 aromatic heterocycles. The molecule has 2 amide bonds. The van der Waals surface area contributed by atoms with E-state index in [9.17, 15) is 9.59 Å². The van der Waals surface area contributed by atoms with E-state index in [4.69, 9.17) is 11.6 Å². The zero-order valence-corrected chi connectivity index (χ0v) is 17.0. The third-order valence-electron chi connectivity index (χ3n) is 4.64. The van der Waals surface area contributed by atoms with Gasteiger partial charge in [0.15, 0.2) is 0 Å². The summed E-state index contributed by atoms with van der Waals surface area (Å²) < 4.78 is 0. The molecule has 2 aromatic carbocycles. The maximum absolute atomic E-state index is 12.5. The number of carbonyl (C=O) groups excluding carboxylic acids is 2. The largest absolute Gasteiger partial charge is 0.338 e. The van der Waals surface area contributed by atoms with Crippen LogP contribution in [0.4, 0.5) is 5.69 Å². The standard InChI is InChI=1S/C22H27ClN2O2/c1-4-17-10-8-11-18(5-2)22(17)24-21(27)13-14-25(16(3)26)15-19-9-6-7-12-20(19)23/h6-12H,4-5,13-15H2,1-3H3,(H,24,27). The molecule has 0 unspecified atom stereocenters. The summed E-state index contributed by atoms with van der Waals surface area (Å²) in [5.41, 5.74) is 4.04. The summed E-state index contributed by atoms with van der Waals surface area (Å²) in [5.74, 6) is -0.165. The summed E-state index contributed by atoms with van der Waals surface area (Å²) >= 11 is 6.19. The second kappa shape index (κ2) is 10.1. The number of para-hydroxylation sites is 1. The number of nitrogens with zero attached hydrogens (tertiary/aromatic N) is 1. The quantitative estimate of drug-likeness (QED) is 0.705. The molecule has 0 radical (unpaired) electrons. The molecule has 0 heterocycles. The first-order valence-electron chi connectivity index (χ1n) is 9.35. The fraction of sp³-hybridized carbons (Fsp3) is 0.364. The van der Waals surface area contributed by atoms with Crippen LogP contribution < -0.4 is 5.32 Å². The third kappa shape index (κ3) is 5.83. The lowest BCUT2D eigenvalue weighted by molar-refractivity contribution is -0.129. The molecule has 0 bridgehead atoms. The van der Waals surface area contributed by atoms with E-state index in [1.165, 1.54) is 6.92 Å². The van der Waals surface area contributed by atoms with Crippen molar-refractivity contribution in [2.75, 3.05) is 11.9 Å². The molecule has 2 rings (SSSR count). The van der Waals surface area contributed by atoms with Gasteiger partial charge in [0.05, 0.1) is 0 Å². The SMILES string of the molecule is CCc1cccc(CC)c1NC(=O)CCN(Cc1ccccc1Cl)C(C)=O. The number of carbonyl (C=O) groups is 2. The van der Waals surface area contributed by atoms with E-state index in [1.807, 2.05) is 36.4 Å². The van der Waals surface area contributed by atoms with Crippen molar-refractivity contribution in [2.45, 2.75) is 46.6 Å². The first kappa shape index (κ1) is 21.0. The predicted molar refractivity (Wildman–Crippen MR) is 111 cm³/mol. The van der Waals surface area contributed by atoms with Crippen molar-refractivity contribution in [1.82, 2.24) is 4.90 Å². The molecular weight excluding hydrogens is 360 g/mol. The molecule has 0 aliphatic rings. The number of anilines is 1. The van der Waals surface area contributed by atoms with Gasteiger partial charge in [-0.15, -0.1) is 0 Å². The molecule has 0 spiro atoms. The Morgan fingerprint density at radius 1 is 0.963 bits per heavy atom. The Balaban J connectivity index is 2.03. The highest BCUT2D eigenvalue weighted by Gasteiger charge is 2.15. The van der Waals surface area contributed by atoms with Crippen LogP contribution in [0.2, 0.25) is 5.02 Å². The second-order valence-corrected chi connectivity index (χ2v) is 6.90. The Morgan fingerprint density at radius 3 is 2.11 bits per heavy atom. The van der Waals surface area contributed by atoms with Gasteiger partial charge in [0.1, 0.15) is 0 Å². The number of hydrogen-bond donors (Lipinski definition) is 1. The summed E-state index contributed by atoms with van der Waals surface area (Å²) in [7, 11) is 0. The van der Waals surface area contributed by atoms with Crippen LogP contribution in [0.5, 0.6) is 0 Å².